The van der Waals surface area contributed by atoms with Crippen molar-refractivity contribution in [1.82, 2.24) is 14.9 Å². The Morgan fingerprint density at radius 1 is 1.38 bits per heavy atom. The maximum absolute atomic E-state index is 12.1. The second-order valence-electron chi connectivity index (χ2n) is 4.78. The first-order chi connectivity index (χ1) is 9.49. The van der Waals surface area contributed by atoms with Crippen molar-refractivity contribution in [3.8, 4) is 0 Å². The van der Waals surface area contributed by atoms with Gasteiger partial charge < -0.3 is 15.4 Å². The second-order valence-corrected chi connectivity index (χ2v) is 6.87. The number of rotatable bonds is 6. The third kappa shape index (κ3) is 7.61. The van der Waals surface area contributed by atoms with Gasteiger partial charge in [0.05, 0.1) is 19.0 Å². The van der Waals surface area contributed by atoms with Crippen molar-refractivity contribution in [2.45, 2.75) is 26.3 Å². The third-order valence-electron chi connectivity index (χ3n) is 3.24. The first-order valence-electron chi connectivity index (χ1n) is 7.02. The number of nitrogens with one attached hydrogen (secondary N) is 2. The van der Waals surface area contributed by atoms with Gasteiger partial charge in [0.15, 0.2) is 5.96 Å². The molecule has 126 valence electrons. The van der Waals surface area contributed by atoms with Gasteiger partial charge >= 0.3 is 0 Å². The summed E-state index contributed by atoms with van der Waals surface area (Å²) >= 11 is 0. The molecule has 7 nitrogen and oxygen atoms in total. The van der Waals surface area contributed by atoms with Crippen molar-refractivity contribution in [1.29, 1.82) is 0 Å². The van der Waals surface area contributed by atoms with E-state index in [9.17, 15) is 8.42 Å². The SMILES string of the molecule is CCC(C)NC(=NC)NCCS(=O)(=O)N1CCOCC1.I. The summed E-state index contributed by atoms with van der Waals surface area (Å²) in [7, 11) is -1.54. The van der Waals surface area contributed by atoms with E-state index >= 15 is 0 Å². The number of morpholine rings is 1. The molecule has 1 saturated heterocycles. The predicted molar refractivity (Wildman–Crippen MR) is 95.8 cm³/mol. The number of nitrogens with zero attached hydrogens (tertiary/aromatic N) is 2. The largest absolute Gasteiger partial charge is 0.379 e. The fourth-order valence-electron chi connectivity index (χ4n) is 1.78. The number of hydrogen-bond acceptors (Lipinski definition) is 4. The fourth-order valence-corrected chi connectivity index (χ4v) is 3.11. The maximum atomic E-state index is 12.1. The minimum absolute atomic E-state index is 0. The zero-order valence-electron chi connectivity index (χ0n) is 13.0. The summed E-state index contributed by atoms with van der Waals surface area (Å²) in [4.78, 5) is 4.07. The molecule has 1 aliphatic rings. The van der Waals surface area contributed by atoms with Crippen LogP contribution in [0.15, 0.2) is 4.99 Å². The van der Waals surface area contributed by atoms with Gasteiger partial charge in [-0.3, -0.25) is 4.99 Å². The van der Waals surface area contributed by atoms with E-state index in [4.69, 9.17) is 4.74 Å². The monoisotopic (exact) mass is 434 g/mol. The van der Waals surface area contributed by atoms with Crippen LogP contribution >= 0.6 is 24.0 Å². The molecule has 0 bridgehead atoms. The molecule has 2 N–H and O–H groups in total. The molecule has 1 fully saturated rings. The van der Waals surface area contributed by atoms with E-state index in [1.54, 1.807) is 7.05 Å². The van der Waals surface area contributed by atoms with Crippen LogP contribution in [-0.2, 0) is 14.8 Å². The normalized spacial score (nSPS) is 18.7. The van der Waals surface area contributed by atoms with E-state index in [-0.39, 0.29) is 29.7 Å². The Kier molecular flexibility index (Phi) is 10.5. The van der Waals surface area contributed by atoms with Gasteiger partial charge in [0.25, 0.3) is 0 Å². The number of ether oxygens (including phenoxy) is 1. The molecule has 0 aromatic rings. The Bertz CT molecular complexity index is 411. The van der Waals surface area contributed by atoms with Crippen LogP contribution in [0.2, 0.25) is 0 Å². The van der Waals surface area contributed by atoms with Crippen LogP contribution in [0.25, 0.3) is 0 Å². The van der Waals surface area contributed by atoms with E-state index in [1.165, 1.54) is 4.31 Å². The van der Waals surface area contributed by atoms with Crippen molar-refractivity contribution < 1.29 is 13.2 Å². The van der Waals surface area contributed by atoms with Crippen LogP contribution < -0.4 is 10.6 Å². The molecule has 0 radical (unpaired) electrons. The van der Waals surface area contributed by atoms with Crippen molar-refractivity contribution in [3.05, 3.63) is 0 Å². The molecule has 1 rings (SSSR count). The van der Waals surface area contributed by atoms with Gasteiger partial charge in [-0.15, -0.1) is 24.0 Å². The molecule has 0 spiro atoms. The number of sulfonamides is 1. The molecule has 0 aliphatic carbocycles. The van der Waals surface area contributed by atoms with Gasteiger partial charge in [0.2, 0.25) is 10.0 Å². The Labute approximate surface area is 145 Å². The van der Waals surface area contributed by atoms with Crippen molar-refractivity contribution in [2.75, 3.05) is 45.6 Å². The fraction of sp³-hybridized carbons (Fsp3) is 0.917. The lowest BCUT2D eigenvalue weighted by Gasteiger charge is -2.26. The first kappa shape index (κ1) is 20.9. The van der Waals surface area contributed by atoms with Crippen molar-refractivity contribution >= 4 is 40.0 Å². The van der Waals surface area contributed by atoms with Crippen LogP contribution in [0.4, 0.5) is 0 Å². The number of guanidine groups is 1. The minimum atomic E-state index is -3.21. The van der Waals surface area contributed by atoms with Crippen LogP contribution in [0.5, 0.6) is 0 Å². The van der Waals surface area contributed by atoms with Crippen LogP contribution in [0.3, 0.4) is 0 Å². The molecular formula is C12H27IN4O3S. The highest BCUT2D eigenvalue weighted by Crippen LogP contribution is 2.04. The lowest BCUT2D eigenvalue weighted by atomic mass is 10.3. The average molecular weight is 434 g/mol. The lowest BCUT2D eigenvalue weighted by molar-refractivity contribution is 0.0730. The van der Waals surface area contributed by atoms with Gasteiger partial charge in [0.1, 0.15) is 0 Å². The van der Waals surface area contributed by atoms with Gasteiger partial charge in [-0.25, -0.2) is 8.42 Å². The first-order valence-corrected chi connectivity index (χ1v) is 8.63. The quantitative estimate of drug-likeness (QED) is 0.355. The molecule has 0 amide bonds. The highest BCUT2D eigenvalue weighted by molar-refractivity contribution is 14.0. The van der Waals surface area contributed by atoms with Crippen LogP contribution in [0.1, 0.15) is 20.3 Å². The lowest BCUT2D eigenvalue weighted by Crippen LogP contribution is -2.46. The van der Waals surface area contributed by atoms with Crippen molar-refractivity contribution in [2.24, 2.45) is 4.99 Å². The molecule has 1 heterocycles. The van der Waals surface area contributed by atoms with Gasteiger partial charge in [-0.2, -0.15) is 4.31 Å². The van der Waals surface area contributed by atoms with E-state index in [1.807, 2.05) is 0 Å². The summed E-state index contributed by atoms with van der Waals surface area (Å²) in [5, 5.41) is 6.22. The highest BCUT2D eigenvalue weighted by atomic mass is 127. The third-order valence-corrected chi connectivity index (χ3v) is 5.11. The summed E-state index contributed by atoms with van der Waals surface area (Å²) in [6.07, 6.45) is 0.979. The summed E-state index contributed by atoms with van der Waals surface area (Å²) in [6, 6.07) is 0.303. The van der Waals surface area contributed by atoms with Gasteiger partial charge in [-0.1, -0.05) is 6.92 Å². The van der Waals surface area contributed by atoms with E-state index < -0.39 is 10.0 Å². The standard InChI is InChI=1S/C12H26N4O3S.HI/c1-4-11(2)15-12(13-3)14-5-10-20(17,18)16-6-8-19-9-7-16;/h11H,4-10H2,1-3H3,(H2,13,14,15);1H. The minimum Gasteiger partial charge on any atom is -0.379 e. The molecule has 21 heavy (non-hydrogen) atoms. The van der Waals surface area contributed by atoms with E-state index in [0.29, 0.717) is 44.8 Å². The number of halogens is 1. The molecule has 1 atom stereocenters. The van der Waals surface area contributed by atoms with E-state index in [2.05, 4.69) is 29.5 Å². The summed E-state index contributed by atoms with van der Waals surface area (Å²) < 4.78 is 30.9. The zero-order chi connectivity index (χ0) is 15.0. The molecule has 0 saturated carbocycles. The Balaban J connectivity index is 0.00000400. The maximum Gasteiger partial charge on any atom is 0.215 e. The summed E-state index contributed by atoms with van der Waals surface area (Å²) in [6.45, 7) is 6.32. The summed E-state index contributed by atoms with van der Waals surface area (Å²) in [5.41, 5.74) is 0. The zero-order valence-corrected chi connectivity index (χ0v) is 16.1. The average Bonchev–Trinajstić information content (AvgIpc) is 2.46. The predicted octanol–water partition coefficient (Wildman–Crippen LogP) is 0.230. The highest BCUT2D eigenvalue weighted by Gasteiger charge is 2.23. The smallest absolute Gasteiger partial charge is 0.215 e. The summed E-state index contributed by atoms with van der Waals surface area (Å²) in [5.74, 6) is 0.699. The molecule has 0 aromatic heterocycles. The van der Waals surface area contributed by atoms with Gasteiger partial charge in [0, 0.05) is 32.7 Å². The molecule has 1 aliphatic heterocycles. The van der Waals surface area contributed by atoms with Crippen molar-refractivity contribution in [3.63, 3.8) is 0 Å². The van der Waals surface area contributed by atoms with Gasteiger partial charge in [-0.05, 0) is 13.3 Å². The Morgan fingerprint density at radius 2 is 2.00 bits per heavy atom. The second kappa shape index (κ2) is 10.6. The molecule has 9 heteroatoms. The molecular weight excluding hydrogens is 407 g/mol. The van der Waals surface area contributed by atoms with E-state index in [0.717, 1.165) is 6.42 Å². The Morgan fingerprint density at radius 3 is 2.52 bits per heavy atom. The molecule has 0 aromatic carbocycles. The van der Waals surface area contributed by atoms with Crippen LogP contribution in [0, 0.1) is 0 Å². The topological polar surface area (TPSA) is 83.0 Å². The number of aliphatic imine (C=N–C) groups is 1. The number of hydrogen-bond donors (Lipinski definition) is 2. The molecule has 1 unspecified atom stereocenters. The Hall–Kier alpha value is -0.130. The van der Waals surface area contributed by atoms with Crippen LogP contribution in [-0.4, -0.2) is 70.4 Å².